The summed E-state index contributed by atoms with van der Waals surface area (Å²) in [4.78, 5) is 0. The van der Waals surface area contributed by atoms with Crippen molar-refractivity contribution in [2.45, 2.75) is 0 Å². The second-order valence-corrected chi connectivity index (χ2v) is 33.2. The van der Waals surface area contributed by atoms with Gasteiger partial charge < -0.3 is 22.8 Å². The van der Waals surface area contributed by atoms with Crippen LogP contribution in [0.25, 0.3) is 218 Å². The van der Waals surface area contributed by atoms with Crippen molar-refractivity contribution in [1.82, 2.24) is 22.8 Å². The largest absolute Gasteiger partial charge is 0.309 e. The topological polar surface area (TPSA) is 24.6 Å². The van der Waals surface area contributed by atoms with Gasteiger partial charge in [0.1, 0.15) is 0 Å². The second-order valence-electron chi connectivity index (χ2n) is 28.9. The maximum absolute atomic E-state index is 2.48. The number of fused-ring (bicyclic) bond motifs is 30. The van der Waals surface area contributed by atoms with Crippen LogP contribution in [0.15, 0.2) is 370 Å². The molecule has 0 radical (unpaired) electrons. The van der Waals surface area contributed by atoms with Crippen LogP contribution >= 0.6 is 45.3 Å². The molecule has 17 aromatic carbocycles. The van der Waals surface area contributed by atoms with Gasteiger partial charge in [-0.15, -0.1) is 45.3 Å². The summed E-state index contributed by atoms with van der Waals surface area (Å²) in [5.74, 6) is 0. The first kappa shape index (κ1) is 62.6. The number of para-hydroxylation sites is 7. The highest BCUT2D eigenvalue weighted by Crippen LogP contribution is 2.49. The summed E-state index contributed by atoms with van der Waals surface area (Å²) in [7, 11) is 0. The summed E-state index contributed by atoms with van der Waals surface area (Å²) in [6.07, 6.45) is 0. The summed E-state index contributed by atoms with van der Waals surface area (Å²) in [6.45, 7) is 0. The molecular weight excluding hydrogens is 1420 g/mol. The fourth-order valence-electron chi connectivity index (χ4n) is 18.3. The molecule has 518 valence electrons. The molecule has 0 unspecified atom stereocenters. The molecule has 9 heterocycles. The molecule has 0 aliphatic carbocycles. The van der Waals surface area contributed by atoms with Crippen molar-refractivity contribution in [2.75, 3.05) is 0 Å². The van der Waals surface area contributed by atoms with Gasteiger partial charge in [-0.1, -0.05) is 224 Å². The van der Waals surface area contributed by atoms with Crippen molar-refractivity contribution in [3.05, 3.63) is 370 Å². The van der Waals surface area contributed by atoms with Crippen LogP contribution in [-0.4, -0.2) is 22.8 Å². The third kappa shape index (κ3) is 9.38. The number of nitrogens with zero attached hydrogens (tertiary/aromatic N) is 5. The summed E-state index contributed by atoms with van der Waals surface area (Å²) in [5, 5.41) is 23.7. The van der Waals surface area contributed by atoms with E-state index in [0.29, 0.717) is 0 Å². The van der Waals surface area contributed by atoms with Gasteiger partial charge in [-0.05, 0) is 146 Å². The fraction of sp³-hybridized carbons (Fsp3) is 0. The van der Waals surface area contributed by atoms with Gasteiger partial charge >= 0.3 is 0 Å². The van der Waals surface area contributed by atoms with E-state index in [0.717, 1.165) is 0 Å². The van der Waals surface area contributed by atoms with E-state index in [1.54, 1.807) is 0 Å². The van der Waals surface area contributed by atoms with Crippen LogP contribution < -0.4 is 0 Å². The van der Waals surface area contributed by atoms with Crippen molar-refractivity contribution >= 4 is 235 Å². The van der Waals surface area contributed by atoms with E-state index in [-0.39, 0.29) is 0 Å². The maximum Gasteiger partial charge on any atom is 0.0719 e. The molecule has 9 heteroatoms. The molecule has 0 bridgehead atoms. The Morgan fingerprint density at radius 1 is 0.144 bits per heavy atom. The molecule has 0 amide bonds. The molecule has 0 fully saturated rings. The lowest BCUT2D eigenvalue weighted by atomic mass is 10.1. The quantitative estimate of drug-likeness (QED) is 0.164. The van der Waals surface area contributed by atoms with Crippen LogP contribution in [0.3, 0.4) is 0 Å². The number of benzene rings is 17. The number of aromatic nitrogens is 5. The highest BCUT2D eigenvalue weighted by molar-refractivity contribution is 7.28. The predicted octanol–water partition coefficient (Wildman–Crippen LogP) is 30.0. The Kier molecular flexibility index (Phi) is 13.9. The Morgan fingerprint density at radius 3 is 0.892 bits per heavy atom. The van der Waals surface area contributed by atoms with Crippen LogP contribution in [0.2, 0.25) is 0 Å². The van der Waals surface area contributed by atoms with E-state index in [1.807, 2.05) is 45.3 Å². The molecule has 111 heavy (non-hydrogen) atoms. The Balaban J connectivity index is 0.0000000975. The zero-order valence-corrected chi connectivity index (χ0v) is 62.9. The van der Waals surface area contributed by atoms with E-state index in [2.05, 4.69) is 393 Å². The number of rotatable bonds is 5. The average Bonchev–Trinajstić information content (AvgIpc) is 1.56. The lowest BCUT2D eigenvalue weighted by Gasteiger charge is -2.10. The van der Waals surface area contributed by atoms with Gasteiger partial charge in [0.2, 0.25) is 0 Å². The number of hydrogen-bond acceptors (Lipinski definition) is 4. The molecule has 0 atom stereocenters. The summed E-state index contributed by atoms with van der Waals surface area (Å²) in [5.41, 5.74) is 18.4. The minimum absolute atomic E-state index is 1.18. The normalized spacial score (nSPS) is 12.1. The summed E-state index contributed by atoms with van der Waals surface area (Å²) in [6, 6.07) is 135. The standard InChI is InChI=1S/2C36H22N2S.C30H17NS2/c1-2-10-23(11-3-1)37-31-15-7-5-13-26(31)30-22-24(18-21-33(30)37)38-32-16-8-4-12-25(32)28-19-20-29-27-14-6-9-17-34(27)39-36(29)35(28)38;1-2-10-23(11-3-1)37-30-15-7-4-12-25(30)29-22-24(18-20-32(29)37)38-31-16-8-5-14-28(31)35-33(38)21-19-27-26-13-6-9-17-34(26)39-36(27)35;1-4-10-24-22(9-1)29-25(15-14-21-19-7-2-6-12-27(19)33-30(21)29)31(24)18-13-16-28-23(17-18)20-8-3-5-11-26(20)32-28/h2*1-22H;1-17H. The van der Waals surface area contributed by atoms with Crippen molar-refractivity contribution in [1.29, 1.82) is 0 Å². The summed E-state index contributed by atoms with van der Waals surface area (Å²) >= 11 is 7.58. The first-order valence-corrected chi connectivity index (χ1v) is 41.0. The maximum atomic E-state index is 2.48. The van der Waals surface area contributed by atoms with Crippen molar-refractivity contribution in [3.8, 4) is 28.4 Å². The zero-order valence-electron chi connectivity index (χ0n) is 59.6. The first-order chi connectivity index (χ1) is 55.1. The van der Waals surface area contributed by atoms with Gasteiger partial charge in [-0.25, -0.2) is 0 Å². The van der Waals surface area contributed by atoms with E-state index in [1.165, 1.54) is 218 Å². The molecule has 9 aromatic heterocycles. The first-order valence-electron chi connectivity index (χ1n) is 37.7. The fourth-order valence-corrected chi connectivity index (χ4v) is 23.1. The third-order valence-corrected chi connectivity index (χ3v) is 27.8. The van der Waals surface area contributed by atoms with Crippen LogP contribution in [-0.2, 0) is 0 Å². The molecule has 0 saturated heterocycles. The van der Waals surface area contributed by atoms with Crippen molar-refractivity contribution < 1.29 is 0 Å². The average molecular weight is 1480 g/mol. The number of thiophene rings is 4. The van der Waals surface area contributed by atoms with Gasteiger partial charge in [0.15, 0.2) is 0 Å². The molecule has 5 nitrogen and oxygen atoms in total. The van der Waals surface area contributed by atoms with Gasteiger partial charge in [0.05, 0.1) is 59.9 Å². The summed E-state index contributed by atoms with van der Waals surface area (Å²) < 4.78 is 22.9. The predicted molar refractivity (Wildman–Crippen MR) is 483 cm³/mol. The van der Waals surface area contributed by atoms with Crippen LogP contribution in [0.5, 0.6) is 0 Å². The number of hydrogen-bond donors (Lipinski definition) is 0. The van der Waals surface area contributed by atoms with Crippen LogP contribution in [0.1, 0.15) is 0 Å². The molecular formula is C102H61N5S4. The van der Waals surface area contributed by atoms with E-state index in [4.69, 9.17) is 0 Å². The highest BCUT2D eigenvalue weighted by Gasteiger charge is 2.24. The van der Waals surface area contributed by atoms with Crippen molar-refractivity contribution in [3.63, 3.8) is 0 Å². The van der Waals surface area contributed by atoms with E-state index < -0.39 is 0 Å². The van der Waals surface area contributed by atoms with Gasteiger partial charge in [0, 0.05) is 158 Å². The van der Waals surface area contributed by atoms with E-state index in [9.17, 15) is 0 Å². The zero-order chi connectivity index (χ0) is 72.5. The Labute approximate surface area is 651 Å². The molecule has 0 aliphatic rings. The monoisotopic (exact) mass is 1480 g/mol. The Hall–Kier alpha value is -13.4. The lowest BCUT2D eigenvalue weighted by molar-refractivity contribution is 1.17. The smallest absolute Gasteiger partial charge is 0.0719 e. The molecule has 26 rings (SSSR count). The third-order valence-electron chi connectivity index (χ3n) is 23.0. The molecule has 0 saturated carbocycles. The lowest BCUT2D eigenvalue weighted by Crippen LogP contribution is -1.95. The molecule has 0 N–H and O–H groups in total. The van der Waals surface area contributed by atoms with Crippen LogP contribution in [0.4, 0.5) is 0 Å². The highest BCUT2D eigenvalue weighted by atomic mass is 32.1. The molecule has 0 aliphatic heterocycles. The van der Waals surface area contributed by atoms with E-state index >= 15 is 0 Å². The minimum atomic E-state index is 1.18. The molecule has 26 aromatic rings. The molecule has 0 spiro atoms. The Bertz CT molecular complexity index is 8350. The van der Waals surface area contributed by atoms with Gasteiger partial charge in [-0.2, -0.15) is 0 Å². The van der Waals surface area contributed by atoms with Gasteiger partial charge in [0.25, 0.3) is 0 Å². The second kappa shape index (κ2) is 24.6. The SMILES string of the molecule is c1ccc(-n2c3ccccc3c3cc(-n4c5ccccc5c5c6sc7ccccc7c6ccc54)ccc32)cc1.c1ccc(-n2c3ccccc3c3cc(-n4c5ccccc5c5ccc6c7ccccc7sc6c54)ccc32)cc1.c1ccc2c(c1)sc1ccc(-n3c4ccccc4c4c5sc6ccccc6c5ccc43)cc12. The van der Waals surface area contributed by atoms with Crippen molar-refractivity contribution in [2.24, 2.45) is 0 Å². The van der Waals surface area contributed by atoms with Crippen LogP contribution in [0, 0.1) is 0 Å². The van der Waals surface area contributed by atoms with Gasteiger partial charge in [-0.3, -0.25) is 0 Å². The Morgan fingerprint density at radius 2 is 0.423 bits per heavy atom. The minimum Gasteiger partial charge on any atom is -0.309 e.